The summed E-state index contributed by atoms with van der Waals surface area (Å²) in [7, 11) is -3.38. The Morgan fingerprint density at radius 3 is 2.24 bits per heavy atom. The highest BCUT2D eigenvalue weighted by Gasteiger charge is 2.33. The molecule has 1 aromatic heterocycles. The van der Waals surface area contributed by atoms with Crippen molar-refractivity contribution in [3.8, 4) is 0 Å². The second kappa shape index (κ2) is 6.16. The summed E-state index contributed by atoms with van der Waals surface area (Å²) in [6, 6.07) is 1.74. The highest BCUT2D eigenvalue weighted by atomic mass is 35.5. The Labute approximate surface area is 136 Å². The third-order valence-corrected chi connectivity index (χ3v) is 7.91. The number of rotatable bonds is 3. The van der Waals surface area contributed by atoms with Crippen LogP contribution in [0.15, 0.2) is 10.3 Å². The Kier molecular flexibility index (Phi) is 5.05. The third-order valence-electron chi connectivity index (χ3n) is 3.90. The van der Waals surface area contributed by atoms with Crippen LogP contribution in [0.5, 0.6) is 0 Å². The van der Waals surface area contributed by atoms with Gasteiger partial charge in [0, 0.05) is 36.6 Å². The maximum absolute atomic E-state index is 12.7. The molecule has 0 radical (unpaired) electrons. The molecule has 4 nitrogen and oxygen atoms in total. The fourth-order valence-electron chi connectivity index (χ4n) is 2.47. The molecule has 1 aliphatic rings. The monoisotopic (exact) mass is 350 g/mol. The molecule has 0 bridgehead atoms. The van der Waals surface area contributed by atoms with E-state index in [9.17, 15) is 8.42 Å². The standard InChI is InChI=1S/C14H23ClN2O2S2/c1-11-9-13(20-12(11)10-15)21(18,19)17-7-5-16(6-8-17)14(2,3)4/h9H,5-8,10H2,1-4H3. The summed E-state index contributed by atoms with van der Waals surface area (Å²) in [5, 5.41) is 0. The van der Waals surface area contributed by atoms with Gasteiger partial charge in [-0.2, -0.15) is 4.31 Å². The van der Waals surface area contributed by atoms with Crippen LogP contribution in [0.25, 0.3) is 0 Å². The maximum atomic E-state index is 12.7. The number of halogens is 1. The first kappa shape index (κ1) is 17.2. The number of nitrogens with zero attached hydrogens (tertiary/aromatic N) is 2. The Morgan fingerprint density at radius 2 is 1.81 bits per heavy atom. The molecule has 1 aromatic rings. The van der Waals surface area contributed by atoms with Crippen LogP contribution in [-0.4, -0.2) is 49.3 Å². The van der Waals surface area contributed by atoms with E-state index >= 15 is 0 Å². The van der Waals surface area contributed by atoms with E-state index in [4.69, 9.17) is 11.6 Å². The summed E-state index contributed by atoms with van der Waals surface area (Å²) in [6.07, 6.45) is 0. The molecule has 2 heterocycles. The predicted molar refractivity (Wildman–Crippen MR) is 88.7 cm³/mol. The lowest BCUT2D eigenvalue weighted by Crippen LogP contribution is -2.54. The van der Waals surface area contributed by atoms with Crippen molar-refractivity contribution in [3.63, 3.8) is 0 Å². The van der Waals surface area contributed by atoms with Crippen molar-refractivity contribution in [1.82, 2.24) is 9.21 Å². The van der Waals surface area contributed by atoms with Crippen LogP contribution in [0.1, 0.15) is 31.2 Å². The summed E-state index contributed by atoms with van der Waals surface area (Å²) >= 11 is 7.14. The normalized spacial score (nSPS) is 19.1. The van der Waals surface area contributed by atoms with Gasteiger partial charge in [0.05, 0.1) is 5.88 Å². The van der Waals surface area contributed by atoms with Crippen molar-refractivity contribution in [2.45, 2.75) is 43.3 Å². The minimum absolute atomic E-state index is 0.0845. The van der Waals surface area contributed by atoms with E-state index in [1.165, 1.54) is 11.3 Å². The summed E-state index contributed by atoms with van der Waals surface area (Å²) in [5.41, 5.74) is 1.04. The summed E-state index contributed by atoms with van der Waals surface area (Å²) < 4.78 is 27.4. The van der Waals surface area contributed by atoms with E-state index < -0.39 is 10.0 Å². The van der Waals surface area contributed by atoms with E-state index in [1.54, 1.807) is 10.4 Å². The van der Waals surface area contributed by atoms with Crippen LogP contribution in [0.4, 0.5) is 0 Å². The van der Waals surface area contributed by atoms with Crippen LogP contribution in [0.2, 0.25) is 0 Å². The molecular formula is C14H23ClN2O2S2. The largest absolute Gasteiger partial charge is 0.296 e. The molecule has 0 saturated carbocycles. The number of sulfonamides is 1. The highest BCUT2D eigenvalue weighted by molar-refractivity contribution is 7.91. The maximum Gasteiger partial charge on any atom is 0.252 e. The zero-order valence-corrected chi connectivity index (χ0v) is 15.4. The van der Waals surface area contributed by atoms with Gasteiger partial charge in [-0.05, 0) is 39.3 Å². The second-order valence-corrected chi connectivity index (χ2v) is 9.94. The van der Waals surface area contributed by atoms with E-state index in [2.05, 4.69) is 25.7 Å². The topological polar surface area (TPSA) is 40.6 Å². The molecule has 0 spiro atoms. The lowest BCUT2D eigenvalue weighted by Gasteiger charge is -2.41. The summed E-state index contributed by atoms with van der Waals surface area (Å²) in [6.45, 7) is 11.0. The smallest absolute Gasteiger partial charge is 0.252 e. The molecule has 0 unspecified atom stereocenters. The van der Waals surface area contributed by atoms with Crippen LogP contribution in [0, 0.1) is 6.92 Å². The molecular weight excluding hydrogens is 328 g/mol. The van der Waals surface area contributed by atoms with Gasteiger partial charge in [0.25, 0.3) is 10.0 Å². The van der Waals surface area contributed by atoms with Crippen molar-refractivity contribution in [1.29, 1.82) is 0 Å². The molecule has 7 heteroatoms. The third kappa shape index (κ3) is 3.62. The molecule has 0 aromatic carbocycles. The number of hydrogen-bond donors (Lipinski definition) is 0. The molecule has 2 rings (SSSR count). The van der Waals surface area contributed by atoms with Crippen LogP contribution >= 0.6 is 22.9 Å². The van der Waals surface area contributed by atoms with E-state index in [1.807, 2.05) is 6.92 Å². The molecule has 1 aliphatic heterocycles. The SMILES string of the molecule is Cc1cc(S(=O)(=O)N2CCN(C(C)(C)C)CC2)sc1CCl. The summed E-state index contributed by atoms with van der Waals surface area (Å²) in [4.78, 5) is 3.26. The minimum Gasteiger partial charge on any atom is -0.296 e. The zero-order chi connectivity index (χ0) is 15.8. The first-order valence-corrected chi connectivity index (χ1v) is 9.86. The van der Waals surface area contributed by atoms with Gasteiger partial charge >= 0.3 is 0 Å². The molecule has 21 heavy (non-hydrogen) atoms. The van der Waals surface area contributed by atoms with Crippen LogP contribution in [0.3, 0.4) is 0 Å². The van der Waals surface area contributed by atoms with E-state index in [0.29, 0.717) is 23.2 Å². The van der Waals surface area contributed by atoms with Gasteiger partial charge < -0.3 is 0 Å². The van der Waals surface area contributed by atoms with Gasteiger partial charge in [0.1, 0.15) is 4.21 Å². The van der Waals surface area contributed by atoms with Crippen LogP contribution in [-0.2, 0) is 15.9 Å². The first-order chi connectivity index (χ1) is 9.66. The van der Waals surface area contributed by atoms with E-state index in [0.717, 1.165) is 23.5 Å². The zero-order valence-electron chi connectivity index (χ0n) is 13.0. The Morgan fingerprint density at radius 1 is 1.24 bits per heavy atom. The number of piperazine rings is 1. The van der Waals surface area contributed by atoms with Crippen molar-refractivity contribution in [2.75, 3.05) is 26.2 Å². The van der Waals surface area contributed by atoms with Crippen LogP contribution < -0.4 is 0 Å². The predicted octanol–water partition coefficient (Wildman–Crippen LogP) is 2.90. The lowest BCUT2D eigenvalue weighted by atomic mass is 10.1. The van der Waals surface area contributed by atoms with Crippen molar-refractivity contribution >= 4 is 33.0 Å². The van der Waals surface area contributed by atoms with Gasteiger partial charge in [-0.1, -0.05) is 0 Å². The average molecular weight is 351 g/mol. The average Bonchev–Trinajstić information content (AvgIpc) is 2.80. The Bertz CT molecular complexity index is 597. The molecule has 1 saturated heterocycles. The number of thiophene rings is 1. The Balaban J connectivity index is 2.15. The molecule has 1 fully saturated rings. The van der Waals surface area contributed by atoms with E-state index in [-0.39, 0.29) is 5.54 Å². The van der Waals surface area contributed by atoms with Crippen molar-refractivity contribution < 1.29 is 8.42 Å². The van der Waals surface area contributed by atoms with Gasteiger partial charge in [-0.25, -0.2) is 8.42 Å². The second-order valence-electron chi connectivity index (χ2n) is 6.37. The van der Waals surface area contributed by atoms with Crippen molar-refractivity contribution in [3.05, 3.63) is 16.5 Å². The highest BCUT2D eigenvalue weighted by Crippen LogP contribution is 2.30. The molecule has 0 atom stereocenters. The van der Waals surface area contributed by atoms with Gasteiger partial charge in [0.2, 0.25) is 0 Å². The minimum atomic E-state index is -3.38. The number of hydrogen-bond acceptors (Lipinski definition) is 4. The lowest BCUT2D eigenvalue weighted by molar-refractivity contribution is 0.0922. The fraction of sp³-hybridized carbons (Fsp3) is 0.714. The summed E-state index contributed by atoms with van der Waals surface area (Å²) in [5.74, 6) is 0.365. The first-order valence-electron chi connectivity index (χ1n) is 7.06. The number of aryl methyl sites for hydroxylation is 1. The Hall–Kier alpha value is -0.140. The number of alkyl halides is 1. The van der Waals surface area contributed by atoms with Gasteiger partial charge in [-0.15, -0.1) is 22.9 Å². The van der Waals surface area contributed by atoms with Gasteiger partial charge in [0.15, 0.2) is 0 Å². The molecule has 0 N–H and O–H groups in total. The van der Waals surface area contributed by atoms with Crippen molar-refractivity contribution in [2.24, 2.45) is 0 Å². The molecule has 120 valence electrons. The molecule has 0 aliphatic carbocycles. The van der Waals surface area contributed by atoms with Gasteiger partial charge in [-0.3, -0.25) is 4.90 Å². The quantitative estimate of drug-likeness (QED) is 0.787. The molecule has 0 amide bonds. The fourth-order valence-corrected chi connectivity index (χ4v) is 5.87.